The fraction of sp³-hybridized carbons (Fsp3) is 0.917. The summed E-state index contributed by atoms with van der Waals surface area (Å²) in [6, 6.07) is -0.461. The molecule has 104 valence electrons. The van der Waals surface area contributed by atoms with E-state index in [0.29, 0.717) is 6.61 Å². The van der Waals surface area contributed by atoms with E-state index >= 15 is 0 Å². The monoisotopic (exact) mass is 259 g/mol. The van der Waals surface area contributed by atoms with Crippen LogP contribution in [0, 0.1) is 0 Å². The minimum atomic E-state index is -0.800. The van der Waals surface area contributed by atoms with Gasteiger partial charge in [-0.15, -0.1) is 0 Å². The molecule has 2 fully saturated rings. The lowest BCUT2D eigenvalue weighted by molar-refractivity contribution is -0.346. The Kier molecular flexibility index (Phi) is 3.64. The van der Waals surface area contributed by atoms with Crippen LogP contribution >= 0.6 is 0 Å². The Labute approximate surface area is 107 Å². The molecule has 2 rings (SSSR count). The number of ether oxygens (including phenoxy) is 3. The molecule has 0 aromatic rings. The smallest absolute Gasteiger partial charge is 0.217 e. The number of hydrogen-bond acceptors (Lipinski definition) is 5. The molecule has 0 spiro atoms. The predicted molar refractivity (Wildman–Crippen MR) is 62.9 cm³/mol. The summed E-state index contributed by atoms with van der Waals surface area (Å²) in [5, 5.41) is 13.0. The van der Waals surface area contributed by atoms with Crippen molar-refractivity contribution in [2.24, 2.45) is 0 Å². The van der Waals surface area contributed by atoms with Gasteiger partial charge in [-0.25, -0.2) is 0 Å². The summed E-state index contributed by atoms with van der Waals surface area (Å²) in [6.45, 7) is 7.20. The number of nitrogens with one attached hydrogen (secondary N) is 1. The Morgan fingerprint density at radius 3 is 2.72 bits per heavy atom. The molecule has 0 saturated carbocycles. The molecule has 0 aliphatic carbocycles. The molecular weight excluding hydrogens is 238 g/mol. The van der Waals surface area contributed by atoms with Crippen molar-refractivity contribution < 1.29 is 24.1 Å². The molecule has 2 aliphatic heterocycles. The zero-order chi connectivity index (χ0) is 13.5. The van der Waals surface area contributed by atoms with E-state index in [-0.39, 0.29) is 18.1 Å². The summed E-state index contributed by atoms with van der Waals surface area (Å²) in [5.41, 5.74) is 0. The molecule has 0 bridgehead atoms. The highest BCUT2D eigenvalue weighted by Crippen LogP contribution is 2.32. The maximum atomic E-state index is 11.1. The Bertz CT molecular complexity index is 332. The third-order valence-corrected chi connectivity index (χ3v) is 3.35. The van der Waals surface area contributed by atoms with Gasteiger partial charge in [0.15, 0.2) is 5.79 Å². The summed E-state index contributed by atoms with van der Waals surface area (Å²) < 4.78 is 16.9. The quantitative estimate of drug-likeness (QED) is 0.681. The minimum Gasteiger partial charge on any atom is -0.388 e. The Morgan fingerprint density at radius 1 is 1.44 bits per heavy atom. The van der Waals surface area contributed by atoms with Crippen molar-refractivity contribution in [3.05, 3.63) is 0 Å². The van der Waals surface area contributed by atoms with Crippen molar-refractivity contribution in [2.45, 2.75) is 63.9 Å². The number of aliphatic hydroxyl groups excluding tert-OH is 1. The van der Waals surface area contributed by atoms with Crippen molar-refractivity contribution in [1.82, 2.24) is 5.32 Å². The summed E-state index contributed by atoms with van der Waals surface area (Å²) in [5.74, 6) is -0.938. The molecule has 0 aromatic heterocycles. The normalized spacial score (nSPS) is 43.1. The second-order valence-electron chi connectivity index (χ2n) is 5.39. The van der Waals surface area contributed by atoms with Crippen LogP contribution in [0.5, 0.6) is 0 Å². The van der Waals surface area contributed by atoms with Crippen LogP contribution in [0.3, 0.4) is 0 Å². The van der Waals surface area contributed by atoms with Gasteiger partial charge in [-0.2, -0.15) is 0 Å². The van der Waals surface area contributed by atoms with E-state index in [2.05, 4.69) is 5.32 Å². The number of carbonyl (C=O) groups excluding carboxylic acids is 1. The molecule has 0 aromatic carbocycles. The van der Waals surface area contributed by atoms with E-state index in [1.807, 2.05) is 6.92 Å². The molecule has 0 radical (unpaired) electrons. The van der Waals surface area contributed by atoms with Crippen LogP contribution in [-0.4, -0.2) is 53.9 Å². The van der Waals surface area contributed by atoms with Crippen LogP contribution in [0.15, 0.2) is 0 Å². The van der Waals surface area contributed by atoms with Crippen molar-refractivity contribution >= 4 is 5.91 Å². The number of carbonyl (C=O) groups is 1. The topological polar surface area (TPSA) is 77.0 Å². The van der Waals surface area contributed by atoms with Crippen LogP contribution in [0.1, 0.15) is 27.7 Å². The summed E-state index contributed by atoms with van der Waals surface area (Å²) in [6.07, 6.45) is -1.86. The number of aliphatic hydroxyl groups is 1. The van der Waals surface area contributed by atoms with Crippen LogP contribution in [-0.2, 0) is 19.0 Å². The highest BCUT2D eigenvalue weighted by atomic mass is 16.7. The lowest BCUT2D eigenvalue weighted by Crippen LogP contribution is -2.67. The van der Waals surface area contributed by atoms with Gasteiger partial charge in [0.2, 0.25) is 5.91 Å². The van der Waals surface area contributed by atoms with Gasteiger partial charge in [-0.3, -0.25) is 4.79 Å². The molecule has 18 heavy (non-hydrogen) atoms. The molecule has 2 heterocycles. The largest absolute Gasteiger partial charge is 0.388 e. The number of amides is 1. The SMILES string of the molecule is CC(=O)NC1[C@H](C)OC2COC(C)(C)O[C@H]2[C@@H]1O. The highest BCUT2D eigenvalue weighted by molar-refractivity contribution is 5.73. The Balaban J connectivity index is 2.12. The van der Waals surface area contributed by atoms with Gasteiger partial charge in [0.1, 0.15) is 18.3 Å². The van der Waals surface area contributed by atoms with E-state index < -0.39 is 24.0 Å². The standard InChI is InChI=1S/C12H21NO5/c1-6-9(13-7(2)14)10(15)11-8(17-6)5-16-12(3,4)18-11/h6,8-11,15H,5H2,1-4H3,(H,13,14)/t6-,8?,9?,10+,11+/m0/s1. The average Bonchev–Trinajstić information content (AvgIpc) is 2.25. The van der Waals surface area contributed by atoms with Crippen LogP contribution < -0.4 is 5.32 Å². The van der Waals surface area contributed by atoms with Crippen molar-refractivity contribution in [2.75, 3.05) is 6.61 Å². The van der Waals surface area contributed by atoms with Crippen molar-refractivity contribution in [3.8, 4) is 0 Å². The van der Waals surface area contributed by atoms with Gasteiger partial charge in [0, 0.05) is 6.92 Å². The van der Waals surface area contributed by atoms with Crippen LogP contribution in [0.2, 0.25) is 0 Å². The van der Waals surface area contributed by atoms with Crippen molar-refractivity contribution in [1.29, 1.82) is 0 Å². The van der Waals surface area contributed by atoms with Crippen LogP contribution in [0.25, 0.3) is 0 Å². The van der Waals surface area contributed by atoms with E-state index in [1.165, 1.54) is 6.92 Å². The summed E-state index contributed by atoms with van der Waals surface area (Å²) in [4.78, 5) is 11.1. The zero-order valence-corrected chi connectivity index (χ0v) is 11.2. The van der Waals surface area contributed by atoms with Gasteiger partial charge in [-0.05, 0) is 20.8 Å². The van der Waals surface area contributed by atoms with Gasteiger partial charge in [-0.1, -0.05) is 0 Å². The predicted octanol–water partition coefficient (Wildman–Crippen LogP) is -0.209. The first-order valence-electron chi connectivity index (χ1n) is 6.22. The van der Waals surface area contributed by atoms with Gasteiger partial charge < -0.3 is 24.6 Å². The fourth-order valence-electron chi connectivity index (χ4n) is 2.50. The maximum Gasteiger partial charge on any atom is 0.217 e. The van der Waals surface area contributed by atoms with Gasteiger partial charge >= 0.3 is 0 Å². The molecule has 2 aliphatic rings. The maximum absolute atomic E-state index is 11.1. The first kappa shape index (κ1) is 13.7. The number of fused-ring (bicyclic) bond motifs is 1. The first-order chi connectivity index (χ1) is 8.30. The third kappa shape index (κ3) is 2.66. The van der Waals surface area contributed by atoms with Gasteiger partial charge in [0.25, 0.3) is 0 Å². The fourth-order valence-corrected chi connectivity index (χ4v) is 2.50. The summed E-state index contributed by atoms with van der Waals surface area (Å²) >= 11 is 0. The third-order valence-electron chi connectivity index (χ3n) is 3.35. The highest BCUT2D eigenvalue weighted by Gasteiger charge is 2.49. The molecular formula is C12H21NO5. The molecule has 2 saturated heterocycles. The molecule has 1 amide bonds. The Morgan fingerprint density at radius 2 is 2.11 bits per heavy atom. The number of rotatable bonds is 1. The first-order valence-corrected chi connectivity index (χ1v) is 6.22. The number of hydrogen-bond donors (Lipinski definition) is 2. The van der Waals surface area contributed by atoms with E-state index in [9.17, 15) is 9.90 Å². The average molecular weight is 259 g/mol. The van der Waals surface area contributed by atoms with E-state index in [4.69, 9.17) is 14.2 Å². The van der Waals surface area contributed by atoms with Crippen molar-refractivity contribution in [3.63, 3.8) is 0 Å². The minimum absolute atomic E-state index is 0.195. The molecule has 2 unspecified atom stereocenters. The summed E-state index contributed by atoms with van der Waals surface area (Å²) in [7, 11) is 0. The second-order valence-corrected chi connectivity index (χ2v) is 5.39. The lowest BCUT2D eigenvalue weighted by Gasteiger charge is -2.49. The Hall–Kier alpha value is -0.690. The van der Waals surface area contributed by atoms with E-state index in [1.54, 1.807) is 13.8 Å². The lowest BCUT2D eigenvalue weighted by atomic mass is 9.92. The molecule has 2 N–H and O–H groups in total. The van der Waals surface area contributed by atoms with Gasteiger partial charge in [0.05, 0.1) is 18.8 Å². The molecule has 5 atom stereocenters. The molecule has 6 nitrogen and oxygen atoms in total. The van der Waals surface area contributed by atoms with Crippen LogP contribution in [0.4, 0.5) is 0 Å². The van der Waals surface area contributed by atoms with E-state index in [0.717, 1.165) is 0 Å². The second kappa shape index (κ2) is 4.77. The molecule has 6 heteroatoms. The zero-order valence-electron chi connectivity index (χ0n) is 11.2.